The average Bonchev–Trinajstić information content (AvgIpc) is 2.82. The first-order chi connectivity index (χ1) is 9.41. The molecule has 0 fully saturated rings. The van der Waals surface area contributed by atoms with Gasteiger partial charge in [0.2, 0.25) is 9.84 Å². The van der Waals surface area contributed by atoms with Crippen molar-refractivity contribution in [2.45, 2.75) is 24.1 Å². The highest BCUT2D eigenvalue weighted by Crippen LogP contribution is 2.26. The van der Waals surface area contributed by atoms with Gasteiger partial charge in [-0.3, -0.25) is 0 Å². The van der Waals surface area contributed by atoms with Gasteiger partial charge in [0.15, 0.2) is 0 Å². The minimum atomic E-state index is -4.62. The summed E-state index contributed by atoms with van der Waals surface area (Å²) in [5.41, 5.74) is 0.884. The first kappa shape index (κ1) is 14.9. The summed E-state index contributed by atoms with van der Waals surface area (Å²) >= 11 is 1.46. The fourth-order valence-electron chi connectivity index (χ4n) is 1.63. The quantitative estimate of drug-likeness (QED) is 0.920. The molecule has 0 bridgehead atoms. The van der Waals surface area contributed by atoms with Gasteiger partial charge in [0.1, 0.15) is 0 Å². The molecule has 0 aliphatic heterocycles. The van der Waals surface area contributed by atoms with E-state index >= 15 is 0 Å². The van der Waals surface area contributed by atoms with Crippen molar-refractivity contribution in [3.8, 4) is 0 Å². The van der Waals surface area contributed by atoms with Crippen LogP contribution in [0.1, 0.15) is 10.7 Å². The van der Waals surface area contributed by atoms with Crippen molar-refractivity contribution in [2.24, 2.45) is 0 Å². The lowest BCUT2D eigenvalue weighted by molar-refractivity contribution is 0.235. The molecule has 0 aliphatic rings. The Morgan fingerprint density at radius 2 is 2.05 bits per heavy atom. The number of aromatic nitrogens is 1. The van der Waals surface area contributed by atoms with Crippen LogP contribution in [0.5, 0.6) is 0 Å². The second-order valence-corrected chi connectivity index (χ2v) is 6.96. The summed E-state index contributed by atoms with van der Waals surface area (Å²) in [5, 5.41) is 5.55. The maximum absolute atomic E-state index is 12.6. The number of anilines is 1. The number of thiazole rings is 1. The van der Waals surface area contributed by atoms with Crippen LogP contribution in [0.4, 0.5) is 14.5 Å². The lowest BCUT2D eigenvalue weighted by Crippen LogP contribution is -2.14. The third kappa shape index (κ3) is 3.13. The third-order valence-corrected chi connectivity index (χ3v) is 4.82. The fourth-order valence-corrected chi connectivity index (χ4v) is 3.15. The first-order valence-corrected chi connectivity index (χ1v) is 8.10. The molecule has 1 aromatic heterocycles. The van der Waals surface area contributed by atoms with Crippen molar-refractivity contribution in [1.29, 1.82) is 0 Å². The zero-order valence-electron chi connectivity index (χ0n) is 10.5. The van der Waals surface area contributed by atoms with Crippen LogP contribution in [-0.2, 0) is 16.4 Å². The average molecular weight is 318 g/mol. The third-order valence-electron chi connectivity index (χ3n) is 2.55. The van der Waals surface area contributed by atoms with Crippen LogP contribution in [0.3, 0.4) is 0 Å². The number of nitrogens with zero attached hydrogens (tertiary/aromatic N) is 1. The minimum Gasteiger partial charge on any atom is -0.378 e. The van der Waals surface area contributed by atoms with Crippen molar-refractivity contribution in [3.63, 3.8) is 0 Å². The Balaban J connectivity index is 2.25. The molecule has 4 nitrogen and oxygen atoms in total. The Morgan fingerprint density at radius 1 is 1.35 bits per heavy atom. The van der Waals surface area contributed by atoms with Gasteiger partial charge in [0.25, 0.3) is 0 Å². The highest BCUT2D eigenvalue weighted by molar-refractivity contribution is 7.91. The lowest BCUT2D eigenvalue weighted by atomic mass is 10.3. The molecule has 0 atom stereocenters. The monoisotopic (exact) mass is 318 g/mol. The molecule has 0 aliphatic carbocycles. The number of aryl methyl sites for hydroxylation is 1. The fraction of sp³-hybridized carbons (Fsp3) is 0.250. The van der Waals surface area contributed by atoms with Gasteiger partial charge >= 0.3 is 5.76 Å². The summed E-state index contributed by atoms with van der Waals surface area (Å²) in [4.78, 5) is 3.81. The second-order valence-electron chi connectivity index (χ2n) is 4.01. The standard InChI is InChI=1S/C12H12F2N2O2S2/c1-8-16-9(7-19-8)6-15-10-4-2-3-5-11(10)20(17,18)12(13)14/h2-5,7,12,15H,6H2,1H3. The van der Waals surface area contributed by atoms with Crippen molar-refractivity contribution in [1.82, 2.24) is 4.98 Å². The topological polar surface area (TPSA) is 59.1 Å². The molecule has 1 aromatic carbocycles. The molecule has 2 aromatic rings. The van der Waals surface area contributed by atoms with Gasteiger partial charge in [-0.15, -0.1) is 11.3 Å². The Labute approximate surface area is 119 Å². The summed E-state index contributed by atoms with van der Waals surface area (Å²) in [6.07, 6.45) is 0. The molecule has 0 saturated carbocycles. The van der Waals surface area contributed by atoms with Gasteiger partial charge in [-0.05, 0) is 19.1 Å². The zero-order chi connectivity index (χ0) is 14.8. The molecule has 1 heterocycles. The van der Waals surface area contributed by atoms with Gasteiger partial charge < -0.3 is 5.32 Å². The lowest BCUT2D eigenvalue weighted by Gasteiger charge is -2.11. The number of halogens is 2. The van der Waals surface area contributed by atoms with Gasteiger partial charge in [0, 0.05) is 5.38 Å². The van der Waals surface area contributed by atoms with E-state index in [1.807, 2.05) is 12.3 Å². The van der Waals surface area contributed by atoms with Crippen LogP contribution in [0.2, 0.25) is 0 Å². The number of nitrogens with one attached hydrogen (secondary N) is 1. The van der Waals surface area contributed by atoms with E-state index in [0.29, 0.717) is 0 Å². The number of benzene rings is 1. The van der Waals surface area contributed by atoms with Gasteiger partial charge in [-0.1, -0.05) is 12.1 Å². The summed E-state index contributed by atoms with van der Waals surface area (Å²) in [7, 11) is -4.62. The zero-order valence-corrected chi connectivity index (χ0v) is 12.1. The van der Waals surface area contributed by atoms with E-state index in [0.717, 1.165) is 16.8 Å². The number of para-hydroxylation sites is 1. The summed E-state index contributed by atoms with van der Waals surface area (Å²) in [6, 6.07) is 5.61. The van der Waals surface area contributed by atoms with E-state index in [9.17, 15) is 17.2 Å². The van der Waals surface area contributed by atoms with Gasteiger partial charge in [-0.25, -0.2) is 13.4 Å². The molecule has 0 unspecified atom stereocenters. The number of sulfone groups is 1. The highest BCUT2D eigenvalue weighted by atomic mass is 32.2. The molecule has 108 valence electrons. The van der Waals surface area contributed by atoms with Crippen LogP contribution in [0.15, 0.2) is 34.5 Å². The van der Waals surface area contributed by atoms with Crippen molar-refractivity contribution >= 4 is 26.9 Å². The van der Waals surface area contributed by atoms with Crippen molar-refractivity contribution < 1.29 is 17.2 Å². The Hall–Kier alpha value is -1.54. The summed E-state index contributed by atoms with van der Waals surface area (Å²) in [5.74, 6) is -3.44. The molecule has 1 N–H and O–H groups in total. The Bertz CT molecular complexity index is 699. The van der Waals surface area contributed by atoms with E-state index in [1.165, 1.54) is 23.5 Å². The van der Waals surface area contributed by atoms with E-state index in [1.54, 1.807) is 6.07 Å². The Kier molecular flexibility index (Phi) is 4.34. The normalized spacial score (nSPS) is 11.8. The second kappa shape index (κ2) is 5.84. The summed E-state index contributed by atoms with van der Waals surface area (Å²) in [6.45, 7) is 2.13. The van der Waals surface area contributed by atoms with Gasteiger partial charge in [0.05, 0.1) is 27.8 Å². The molecular formula is C12H12F2N2O2S2. The Morgan fingerprint density at radius 3 is 2.65 bits per heavy atom. The smallest absolute Gasteiger partial charge is 0.341 e. The molecule has 0 amide bonds. The molecule has 20 heavy (non-hydrogen) atoms. The molecule has 0 radical (unpaired) electrons. The van der Waals surface area contributed by atoms with E-state index < -0.39 is 20.5 Å². The highest BCUT2D eigenvalue weighted by Gasteiger charge is 2.28. The van der Waals surface area contributed by atoms with Crippen molar-refractivity contribution in [3.05, 3.63) is 40.3 Å². The minimum absolute atomic E-state index is 0.151. The van der Waals surface area contributed by atoms with Crippen molar-refractivity contribution in [2.75, 3.05) is 5.32 Å². The predicted molar refractivity (Wildman–Crippen MR) is 73.8 cm³/mol. The maximum Gasteiger partial charge on any atom is 0.341 e. The number of hydrogen-bond donors (Lipinski definition) is 1. The SMILES string of the molecule is Cc1nc(CNc2ccccc2S(=O)(=O)C(F)F)cs1. The number of hydrogen-bond acceptors (Lipinski definition) is 5. The van der Waals surface area contributed by atoms with E-state index in [-0.39, 0.29) is 12.2 Å². The van der Waals surface area contributed by atoms with E-state index in [4.69, 9.17) is 0 Å². The van der Waals surface area contributed by atoms with E-state index in [2.05, 4.69) is 10.3 Å². The van der Waals surface area contributed by atoms with Crippen LogP contribution in [0, 0.1) is 6.92 Å². The number of alkyl halides is 2. The van der Waals surface area contributed by atoms with Crippen LogP contribution in [-0.4, -0.2) is 19.2 Å². The molecule has 2 rings (SSSR count). The maximum atomic E-state index is 12.6. The largest absolute Gasteiger partial charge is 0.378 e. The summed E-state index contributed by atoms with van der Waals surface area (Å²) < 4.78 is 48.4. The molecule has 0 spiro atoms. The molecular weight excluding hydrogens is 306 g/mol. The number of rotatable bonds is 5. The van der Waals surface area contributed by atoms with Crippen LogP contribution < -0.4 is 5.32 Å². The van der Waals surface area contributed by atoms with Crippen LogP contribution in [0.25, 0.3) is 0 Å². The molecule has 8 heteroatoms. The first-order valence-electron chi connectivity index (χ1n) is 5.67. The predicted octanol–water partition coefficient (Wildman–Crippen LogP) is 3.06. The molecule has 0 saturated heterocycles. The van der Waals surface area contributed by atoms with Crippen LogP contribution >= 0.6 is 11.3 Å². The van der Waals surface area contributed by atoms with Gasteiger partial charge in [-0.2, -0.15) is 8.78 Å².